The predicted molar refractivity (Wildman–Crippen MR) is 169 cm³/mol. The molecule has 0 aromatic rings. The standard InChI is InChI=1S/C34H55FN2O9/c1-12-14-43-32(7)17-19(4)25(38)20(5)27-34(9,46-31(42)36-27)24(13-2)45-30(41)33(8,35)28(40)21(6)29(32)44-23-16-18(3)15-22(26(23)39)37(10)11/h12,18-24,26-27,29,39H,1,13-17H2,2-11H3,(H,36,42)/t18-,19-,20+,21+,22+,23-,24-,26-,27-,29-,32+,33?,34-/m1/s1. The monoisotopic (exact) mass is 654 g/mol. The molecule has 2 aliphatic heterocycles. The molecular weight excluding hydrogens is 599 g/mol. The normalized spacial score (nSPS) is 44.5. The maximum Gasteiger partial charge on any atom is 0.408 e. The largest absolute Gasteiger partial charge is 0.455 e. The molecule has 2 saturated heterocycles. The Hall–Kier alpha value is -2.41. The molecule has 12 heteroatoms. The van der Waals surface area contributed by atoms with Crippen molar-refractivity contribution >= 4 is 23.6 Å². The summed E-state index contributed by atoms with van der Waals surface area (Å²) in [6.07, 6.45) is -1.94. The van der Waals surface area contributed by atoms with Gasteiger partial charge in [-0.05, 0) is 66.5 Å². The number of ether oxygens (including phenoxy) is 4. The quantitative estimate of drug-likeness (QED) is 0.237. The zero-order valence-corrected chi connectivity index (χ0v) is 29.1. The highest BCUT2D eigenvalue weighted by Gasteiger charge is 2.59. The molecule has 0 radical (unpaired) electrons. The van der Waals surface area contributed by atoms with Crippen LogP contribution in [0.2, 0.25) is 0 Å². The first-order valence-electron chi connectivity index (χ1n) is 16.5. The summed E-state index contributed by atoms with van der Waals surface area (Å²) < 4.78 is 40.8. The number of likely N-dealkylation sites (N-methyl/N-ethyl adjacent to an activating group) is 1. The molecule has 0 aromatic heterocycles. The predicted octanol–water partition coefficient (Wildman–Crippen LogP) is 3.79. The van der Waals surface area contributed by atoms with Gasteiger partial charge in [0.15, 0.2) is 11.4 Å². The first-order chi connectivity index (χ1) is 21.2. The summed E-state index contributed by atoms with van der Waals surface area (Å²) in [5.41, 5.74) is -6.02. The van der Waals surface area contributed by atoms with Gasteiger partial charge < -0.3 is 34.3 Å². The van der Waals surface area contributed by atoms with E-state index in [1.807, 2.05) is 19.0 Å². The number of nitrogens with zero attached hydrogens (tertiary/aromatic N) is 1. The molecule has 262 valence electrons. The van der Waals surface area contributed by atoms with E-state index in [0.717, 1.165) is 13.3 Å². The van der Waals surface area contributed by atoms with E-state index in [1.54, 1.807) is 27.7 Å². The molecule has 3 fully saturated rings. The van der Waals surface area contributed by atoms with Crippen molar-refractivity contribution in [3.05, 3.63) is 12.7 Å². The number of hydrogen-bond donors (Lipinski definition) is 2. The SMILES string of the molecule is C=CCO[C@@]1(C)C[C@@H](C)C(=O)[C@H](C)[C@H]2NC(=O)O[C@]2(C)[C@@H](CC)OC(=O)C(C)(F)C(=O)[C@H](C)[C@H]1O[C@@H]1C[C@H](C)C[C@H](N(C)C)[C@H]1O. The van der Waals surface area contributed by atoms with Gasteiger partial charge in [0.2, 0.25) is 0 Å². The van der Waals surface area contributed by atoms with E-state index >= 15 is 4.39 Å². The highest BCUT2D eigenvalue weighted by atomic mass is 19.1. The van der Waals surface area contributed by atoms with Crippen molar-refractivity contribution in [3.63, 3.8) is 0 Å². The van der Waals surface area contributed by atoms with Crippen LogP contribution in [-0.4, -0.2) is 108 Å². The zero-order chi connectivity index (χ0) is 34.9. The molecule has 3 rings (SSSR count). The number of Topliss-reactive ketones (excluding diaryl/α,β-unsaturated/α-hetero) is 2. The molecule has 1 unspecified atom stereocenters. The maximum atomic E-state index is 16.5. The van der Waals surface area contributed by atoms with Crippen molar-refractivity contribution < 1.29 is 47.6 Å². The second-order valence-corrected chi connectivity index (χ2v) is 14.6. The van der Waals surface area contributed by atoms with Crippen molar-refractivity contribution in [1.29, 1.82) is 0 Å². The number of ketones is 2. The molecular formula is C34H55FN2O9. The van der Waals surface area contributed by atoms with E-state index in [2.05, 4.69) is 18.8 Å². The van der Waals surface area contributed by atoms with Gasteiger partial charge in [-0.1, -0.05) is 40.7 Å². The Bertz CT molecular complexity index is 1160. The van der Waals surface area contributed by atoms with E-state index in [-0.39, 0.29) is 37.2 Å². The van der Waals surface area contributed by atoms with Gasteiger partial charge in [0.25, 0.3) is 5.67 Å². The lowest BCUT2D eigenvalue weighted by Crippen LogP contribution is -2.61. The molecule has 1 amide bonds. The lowest BCUT2D eigenvalue weighted by Gasteiger charge is -2.47. The second kappa shape index (κ2) is 14.4. The first-order valence-corrected chi connectivity index (χ1v) is 16.5. The number of cyclic esters (lactones) is 1. The summed E-state index contributed by atoms with van der Waals surface area (Å²) >= 11 is 0. The van der Waals surface area contributed by atoms with Crippen LogP contribution in [0.1, 0.15) is 81.1 Å². The van der Waals surface area contributed by atoms with Gasteiger partial charge in [-0.3, -0.25) is 9.59 Å². The number of aliphatic hydroxyl groups excluding tert-OH is 1. The molecule has 0 spiro atoms. The molecule has 11 nitrogen and oxygen atoms in total. The molecule has 3 aliphatic rings. The van der Waals surface area contributed by atoms with Crippen LogP contribution in [0.15, 0.2) is 12.7 Å². The fourth-order valence-electron chi connectivity index (χ4n) is 7.85. The van der Waals surface area contributed by atoms with Gasteiger partial charge in [-0.15, -0.1) is 6.58 Å². The number of nitrogens with one attached hydrogen (secondary N) is 1. The maximum absolute atomic E-state index is 16.5. The van der Waals surface area contributed by atoms with Crippen molar-refractivity contribution in [2.24, 2.45) is 23.7 Å². The second-order valence-electron chi connectivity index (χ2n) is 14.6. The number of carbonyl (C=O) groups is 4. The van der Waals surface area contributed by atoms with Crippen LogP contribution in [0.5, 0.6) is 0 Å². The minimum atomic E-state index is -3.11. The molecule has 0 aromatic carbocycles. The Morgan fingerprint density at radius 2 is 1.72 bits per heavy atom. The molecule has 13 atom stereocenters. The van der Waals surface area contributed by atoms with E-state index in [0.29, 0.717) is 6.42 Å². The summed E-state index contributed by atoms with van der Waals surface area (Å²) in [4.78, 5) is 56.1. The van der Waals surface area contributed by atoms with Crippen LogP contribution < -0.4 is 5.32 Å². The summed E-state index contributed by atoms with van der Waals surface area (Å²) in [5, 5.41) is 14.1. The number of alkyl halides is 1. The van der Waals surface area contributed by atoms with Crippen molar-refractivity contribution in [2.75, 3.05) is 20.7 Å². The third kappa shape index (κ3) is 7.34. The summed E-state index contributed by atoms with van der Waals surface area (Å²) in [7, 11) is 3.74. The average Bonchev–Trinajstić information content (AvgIpc) is 3.30. The molecule has 0 bridgehead atoms. The molecule has 1 saturated carbocycles. The topological polar surface area (TPSA) is 141 Å². The van der Waals surface area contributed by atoms with Gasteiger partial charge in [-0.2, -0.15) is 0 Å². The molecule has 1 aliphatic carbocycles. The number of rotatable bonds is 7. The van der Waals surface area contributed by atoms with Gasteiger partial charge >= 0.3 is 12.1 Å². The van der Waals surface area contributed by atoms with Gasteiger partial charge in [-0.25, -0.2) is 14.0 Å². The van der Waals surface area contributed by atoms with Gasteiger partial charge in [0.1, 0.15) is 11.9 Å². The smallest absolute Gasteiger partial charge is 0.408 e. The number of alkyl carbamates (subject to hydrolysis) is 1. The Morgan fingerprint density at radius 1 is 1.09 bits per heavy atom. The van der Waals surface area contributed by atoms with Crippen molar-refractivity contribution in [2.45, 2.75) is 134 Å². The fourth-order valence-corrected chi connectivity index (χ4v) is 7.85. The molecule has 46 heavy (non-hydrogen) atoms. The highest BCUT2D eigenvalue weighted by Crippen LogP contribution is 2.41. The van der Waals surface area contributed by atoms with E-state index in [4.69, 9.17) is 18.9 Å². The van der Waals surface area contributed by atoms with Crippen molar-refractivity contribution in [1.82, 2.24) is 10.2 Å². The average molecular weight is 655 g/mol. The first kappa shape index (κ1) is 38.0. The number of aliphatic hydroxyl groups is 1. The minimum Gasteiger partial charge on any atom is -0.455 e. The number of halogens is 1. The molecule has 2 heterocycles. The number of carbonyl (C=O) groups excluding carboxylic acids is 4. The molecule has 2 N–H and O–H groups in total. The number of esters is 1. The fraction of sp³-hybridized carbons (Fsp3) is 0.824. The lowest BCUT2D eigenvalue weighted by molar-refractivity contribution is -0.212. The summed E-state index contributed by atoms with van der Waals surface area (Å²) in [6.45, 7) is 16.5. The van der Waals surface area contributed by atoms with Gasteiger partial charge in [0, 0.05) is 23.8 Å². The minimum absolute atomic E-state index is 0.0232. The van der Waals surface area contributed by atoms with Gasteiger partial charge in [0.05, 0.1) is 36.6 Å². The van der Waals surface area contributed by atoms with E-state index in [1.165, 1.54) is 19.9 Å². The van der Waals surface area contributed by atoms with Crippen LogP contribution in [0.3, 0.4) is 0 Å². The summed E-state index contributed by atoms with van der Waals surface area (Å²) in [5.74, 6) is -5.36. The van der Waals surface area contributed by atoms with Crippen molar-refractivity contribution in [3.8, 4) is 0 Å². The Morgan fingerprint density at radius 3 is 2.28 bits per heavy atom. The van der Waals surface area contributed by atoms with Crippen LogP contribution in [0.25, 0.3) is 0 Å². The highest BCUT2D eigenvalue weighted by molar-refractivity contribution is 6.07. The zero-order valence-electron chi connectivity index (χ0n) is 29.1. The third-order valence-electron chi connectivity index (χ3n) is 10.5. The van der Waals surface area contributed by atoms with E-state index < -0.39 is 82.9 Å². The number of hydrogen-bond acceptors (Lipinski definition) is 10. The van der Waals surface area contributed by atoms with Crippen LogP contribution >= 0.6 is 0 Å². The Kier molecular flexibility index (Phi) is 11.9. The number of fused-ring (bicyclic) bond motifs is 1. The Balaban J connectivity index is 2.18. The lowest BCUT2D eigenvalue weighted by atomic mass is 9.73. The summed E-state index contributed by atoms with van der Waals surface area (Å²) in [6, 6.07) is -1.14. The Labute approximate surface area is 272 Å². The van der Waals surface area contributed by atoms with Crippen LogP contribution in [0, 0.1) is 23.7 Å². The van der Waals surface area contributed by atoms with E-state index in [9.17, 15) is 24.3 Å². The van der Waals surface area contributed by atoms with Crippen LogP contribution in [-0.2, 0) is 33.3 Å². The van der Waals surface area contributed by atoms with Crippen LogP contribution in [0.4, 0.5) is 9.18 Å². The third-order valence-corrected chi connectivity index (χ3v) is 10.5. The number of amides is 1.